The lowest BCUT2D eigenvalue weighted by Crippen LogP contribution is -2.39. The highest BCUT2D eigenvalue weighted by atomic mass is 16.6. The van der Waals surface area contributed by atoms with Crippen LogP contribution in [0.2, 0.25) is 0 Å². The quantitative estimate of drug-likeness (QED) is 0.642. The van der Waals surface area contributed by atoms with Crippen molar-refractivity contribution in [1.82, 2.24) is 9.88 Å². The number of nitrogens with one attached hydrogen (secondary N) is 1. The molecule has 1 saturated carbocycles. The molecule has 1 aliphatic carbocycles. The van der Waals surface area contributed by atoms with E-state index in [-0.39, 0.29) is 29.2 Å². The van der Waals surface area contributed by atoms with E-state index in [0.29, 0.717) is 25.5 Å². The van der Waals surface area contributed by atoms with Gasteiger partial charge < -0.3 is 23.8 Å². The van der Waals surface area contributed by atoms with Crippen LogP contribution in [0.5, 0.6) is 11.5 Å². The number of fused-ring (bicyclic) bond motifs is 1. The van der Waals surface area contributed by atoms with E-state index < -0.39 is 0 Å². The van der Waals surface area contributed by atoms with Crippen molar-refractivity contribution in [3.05, 3.63) is 82.2 Å². The van der Waals surface area contributed by atoms with Gasteiger partial charge in [0.15, 0.2) is 17.3 Å². The molecule has 7 heteroatoms. The minimum Gasteiger partial charge on any atom is -0.486 e. The topological polar surface area (TPSA) is 82.7 Å². The van der Waals surface area contributed by atoms with Crippen LogP contribution in [0.25, 0.3) is 0 Å². The molecule has 7 nitrogen and oxygen atoms in total. The lowest BCUT2D eigenvalue weighted by Gasteiger charge is -2.31. The number of nitrogens with zero attached hydrogens (tertiary/aromatic N) is 1. The third-order valence-electron chi connectivity index (χ3n) is 6.41. The van der Waals surface area contributed by atoms with Crippen molar-refractivity contribution in [3.63, 3.8) is 0 Å². The minimum absolute atomic E-state index is 0.113. The molecule has 5 rings (SSSR count). The number of furan rings is 1. The van der Waals surface area contributed by atoms with Crippen LogP contribution in [0.1, 0.15) is 47.6 Å². The number of ether oxygens (including phenoxy) is 2. The fourth-order valence-corrected chi connectivity index (χ4v) is 4.67. The molecule has 1 N–H and O–H groups in total. The Morgan fingerprint density at radius 1 is 1.00 bits per heavy atom. The van der Waals surface area contributed by atoms with E-state index in [1.807, 2.05) is 6.07 Å². The molecule has 1 fully saturated rings. The predicted octanol–water partition coefficient (Wildman–Crippen LogP) is 3.50. The van der Waals surface area contributed by atoms with Crippen LogP contribution in [0.3, 0.4) is 0 Å². The highest BCUT2D eigenvalue weighted by molar-refractivity contribution is 5.91. The second-order valence-corrected chi connectivity index (χ2v) is 8.46. The normalized spacial score (nSPS) is 16.6. The Labute approximate surface area is 186 Å². The molecule has 1 amide bonds. The van der Waals surface area contributed by atoms with Crippen LogP contribution in [-0.2, 0) is 12.0 Å². The fraction of sp³-hybridized carbons (Fsp3) is 0.360. The molecule has 3 heterocycles. The van der Waals surface area contributed by atoms with Crippen LogP contribution >= 0.6 is 0 Å². The second kappa shape index (κ2) is 8.57. The van der Waals surface area contributed by atoms with Gasteiger partial charge in [0, 0.05) is 24.2 Å². The van der Waals surface area contributed by atoms with Gasteiger partial charge in [0.1, 0.15) is 19.0 Å². The average molecular weight is 434 g/mol. The Morgan fingerprint density at radius 2 is 1.81 bits per heavy atom. The molecular weight excluding hydrogens is 408 g/mol. The molecule has 0 saturated heterocycles. The number of carbonyl (C=O) groups is 1. The summed E-state index contributed by atoms with van der Waals surface area (Å²) >= 11 is 0. The monoisotopic (exact) mass is 434 g/mol. The molecule has 0 unspecified atom stereocenters. The summed E-state index contributed by atoms with van der Waals surface area (Å²) in [5.41, 5.74) is 0.929. The third-order valence-corrected chi connectivity index (χ3v) is 6.41. The number of rotatable bonds is 6. The van der Waals surface area contributed by atoms with Crippen LogP contribution in [-0.4, -0.2) is 30.2 Å². The number of pyridine rings is 1. The summed E-state index contributed by atoms with van der Waals surface area (Å²) in [6.07, 6.45) is 5.96. The Bertz CT molecular complexity index is 1170. The molecule has 0 spiro atoms. The summed E-state index contributed by atoms with van der Waals surface area (Å²) in [4.78, 5) is 24.7. The zero-order valence-corrected chi connectivity index (χ0v) is 17.8. The zero-order chi connectivity index (χ0) is 22.0. The molecule has 0 radical (unpaired) electrons. The first-order valence-corrected chi connectivity index (χ1v) is 11.1. The van der Waals surface area contributed by atoms with Crippen molar-refractivity contribution in [2.24, 2.45) is 0 Å². The fourth-order valence-electron chi connectivity index (χ4n) is 4.67. The van der Waals surface area contributed by atoms with Gasteiger partial charge in [-0.15, -0.1) is 0 Å². The largest absolute Gasteiger partial charge is 0.486 e. The zero-order valence-electron chi connectivity index (χ0n) is 17.8. The summed E-state index contributed by atoms with van der Waals surface area (Å²) in [5.74, 6) is 2.11. The second-order valence-electron chi connectivity index (χ2n) is 8.46. The lowest BCUT2D eigenvalue weighted by atomic mass is 9.78. The Kier molecular flexibility index (Phi) is 5.47. The maximum atomic E-state index is 12.8. The van der Waals surface area contributed by atoms with Gasteiger partial charge in [-0.05, 0) is 48.7 Å². The van der Waals surface area contributed by atoms with Gasteiger partial charge >= 0.3 is 0 Å². The van der Waals surface area contributed by atoms with E-state index >= 15 is 0 Å². The molecule has 32 heavy (non-hydrogen) atoms. The summed E-state index contributed by atoms with van der Waals surface area (Å²) in [7, 11) is 0. The molecular formula is C25H26N2O5. The van der Waals surface area contributed by atoms with Crippen molar-refractivity contribution in [2.45, 2.75) is 37.6 Å². The number of amides is 1. The van der Waals surface area contributed by atoms with Crippen LogP contribution < -0.4 is 20.3 Å². The van der Waals surface area contributed by atoms with Crippen LogP contribution in [0, 0.1) is 0 Å². The van der Waals surface area contributed by atoms with Gasteiger partial charge in [-0.3, -0.25) is 9.59 Å². The first-order valence-electron chi connectivity index (χ1n) is 11.1. The molecule has 3 aromatic rings. The van der Waals surface area contributed by atoms with E-state index in [1.165, 1.54) is 16.2 Å². The van der Waals surface area contributed by atoms with Gasteiger partial charge in [0.25, 0.3) is 11.5 Å². The highest BCUT2D eigenvalue weighted by Crippen LogP contribution is 2.43. The molecule has 1 aromatic carbocycles. The first-order chi connectivity index (χ1) is 15.6. The third kappa shape index (κ3) is 4.02. The van der Waals surface area contributed by atoms with Gasteiger partial charge in [0.2, 0.25) is 0 Å². The van der Waals surface area contributed by atoms with E-state index in [9.17, 15) is 9.59 Å². The Morgan fingerprint density at radius 3 is 2.62 bits per heavy atom. The number of carbonyl (C=O) groups excluding carboxylic acids is 1. The van der Waals surface area contributed by atoms with Gasteiger partial charge in [-0.2, -0.15) is 0 Å². The van der Waals surface area contributed by atoms with Crippen molar-refractivity contribution in [2.75, 3.05) is 19.8 Å². The van der Waals surface area contributed by atoms with Crippen molar-refractivity contribution >= 4 is 5.91 Å². The van der Waals surface area contributed by atoms with Crippen molar-refractivity contribution in [3.8, 4) is 11.5 Å². The van der Waals surface area contributed by atoms with Gasteiger partial charge in [-0.1, -0.05) is 25.0 Å². The van der Waals surface area contributed by atoms with Gasteiger partial charge in [-0.25, -0.2) is 0 Å². The van der Waals surface area contributed by atoms with E-state index in [0.717, 1.165) is 37.2 Å². The Balaban J connectivity index is 1.29. The highest BCUT2D eigenvalue weighted by Gasteiger charge is 2.37. The SMILES string of the molecule is O=C(NCC1(c2ccc3c(c2)OCCO3)CCCC1)c1ccc(Cn2ccccc2=O)o1. The molecule has 0 atom stereocenters. The summed E-state index contributed by atoms with van der Waals surface area (Å²) in [6, 6.07) is 14.5. The smallest absolute Gasteiger partial charge is 0.287 e. The molecule has 166 valence electrons. The summed E-state index contributed by atoms with van der Waals surface area (Å²) < 4.78 is 18.7. The predicted molar refractivity (Wildman–Crippen MR) is 118 cm³/mol. The van der Waals surface area contributed by atoms with E-state index in [1.54, 1.807) is 30.5 Å². The van der Waals surface area contributed by atoms with Crippen molar-refractivity contribution in [1.29, 1.82) is 0 Å². The molecule has 2 aromatic heterocycles. The Hall–Kier alpha value is -3.48. The molecule has 1 aliphatic heterocycles. The molecule has 0 bridgehead atoms. The van der Waals surface area contributed by atoms with E-state index in [2.05, 4.69) is 17.4 Å². The standard InChI is InChI=1S/C25H26N2O5/c28-23-5-1-4-12-27(23)16-19-7-9-21(32-19)24(29)26-17-25(10-2-3-11-25)18-6-8-20-22(15-18)31-14-13-30-20/h1,4-9,12,15H,2-3,10-11,13-14,16-17H2,(H,26,29). The van der Waals surface area contributed by atoms with Crippen LogP contribution in [0.15, 0.2) is 63.9 Å². The lowest BCUT2D eigenvalue weighted by molar-refractivity contribution is 0.0913. The number of aromatic nitrogens is 1. The van der Waals surface area contributed by atoms with Crippen LogP contribution in [0.4, 0.5) is 0 Å². The number of hydrogen-bond acceptors (Lipinski definition) is 5. The summed E-state index contributed by atoms with van der Waals surface area (Å²) in [6.45, 7) is 1.93. The number of hydrogen-bond donors (Lipinski definition) is 1. The maximum Gasteiger partial charge on any atom is 0.287 e. The van der Waals surface area contributed by atoms with Crippen molar-refractivity contribution < 1.29 is 18.7 Å². The average Bonchev–Trinajstić information content (AvgIpc) is 3.49. The maximum absolute atomic E-state index is 12.8. The first kappa shape index (κ1) is 20.4. The molecule has 2 aliphatic rings. The van der Waals surface area contributed by atoms with E-state index in [4.69, 9.17) is 13.9 Å². The van der Waals surface area contributed by atoms with Gasteiger partial charge in [0.05, 0.1) is 6.54 Å². The number of benzene rings is 1. The summed E-state index contributed by atoms with van der Waals surface area (Å²) in [5, 5.41) is 3.08. The minimum atomic E-state index is -0.250.